The van der Waals surface area contributed by atoms with Gasteiger partial charge in [-0.1, -0.05) is 29.8 Å². The summed E-state index contributed by atoms with van der Waals surface area (Å²) in [6, 6.07) is 12.4. The second-order valence-corrected chi connectivity index (χ2v) is 6.05. The Morgan fingerprint density at radius 2 is 2.04 bits per heavy atom. The Morgan fingerprint density at radius 3 is 2.80 bits per heavy atom. The molecule has 0 atom stereocenters. The number of hydrogen-bond donors (Lipinski definition) is 2. The molecule has 1 aromatic heterocycles. The maximum Gasteiger partial charge on any atom is 0.232 e. The number of nitrogens with zero attached hydrogens (tertiary/aromatic N) is 2. The number of anilines is 1. The fourth-order valence-corrected chi connectivity index (χ4v) is 2.61. The van der Waals surface area contributed by atoms with Crippen LogP contribution in [0.1, 0.15) is 28.3 Å². The van der Waals surface area contributed by atoms with Gasteiger partial charge in [-0.05, 0) is 43.2 Å². The highest BCUT2D eigenvalue weighted by molar-refractivity contribution is 5.92. The zero-order chi connectivity index (χ0) is 17.8. The number of aromatic nitrogens is 3. The van der Waals surface area contributed by atoms with E-state index in [2.05, 4.69) is 26.6 Å². The molecule has 1 heterocycles. The second kappa shape index (κ2) is 7.25. The fourth-order valence-electron chi connectivity index (χ4n) is 2.61. The number of halogens is 1. The number of carbonyl (C=O) groups excluding carboxylic acids is 1. The van der Waals surface area contributed by atoms with Gasteiger partial charge < -0.3 is 5.32 Å². The minimum Gasteiger partial charge on any atom is -0.325 e. The van der Waals surface area contributed by atoms with Gasteiger partial charge in [-0.15, -0.1) is 0 Å². The van der Waals surface area contributed by atoms with E-state index in [1.807, 2.05) is 25.1 Å². The lowest BCUT2D eigenvalue weighted by atomic mass is 10.1. The molecule has 0 aliphatic rings. The predicted octanol–water partition coefficient (Wildman–Crippen LogP) is 3.33. The van der Waals surface area contributed by atoms with E-state index in [1.54, 1.807) is 13.0 Å². The zero-order valence-corrected chi connectivity index (χ0v) is 14.1. The van der Waals surface area contributed by atoms with E-state index in [4.69, 9.17) is 0 Å². The van der Waals surface area contributed by atoms with E-state index in [1.165, 1.54) is 17.7 Å². The van der Waals surface area contributed by atoms with Crippen molar-refractivity contribution in [3.05, 3.63) is 76.6 Å². The number of amides is 1. The Balaban J connectivity index is 1.61. The number of hydrogen-bond acceptors (Lipinski definition) is 3. The number of benzene rings is 2. The molecule has 0 fully saturated rings. The molecule has 5 nitrogen and oxygen atoms in total. The molecule has 0 saturated carbocycles. The third-order valence-electron chi connectivity index (χ3n) is 3.81. The van der Waals surface area contributed by atoms with Crippen LogP contribution in [0.3, 0.4) is 0 Å². The molecule has 0 saturated heterocycles. The van der Waals surface area contributed by atoms with Crippen LogP contribution < -0.4 is 5.32 Å². The van der Waals surface area contributed by atoms with E-state index < -0.39 is 0 Å². The van der Waals surface area contributed by atoms with E-state index in [0.29, 0.717) is 29.3 Å². The average molecular weight is 338 g/mol. The normalized spacial score (nSPS) is 10.7. The molecule has 6 heteroatoms. The van der Waals surface area contributed by atoms with Gasteiger partial charge in [-0.25, -0.2) is 9.37 Å². The SMILES string of the molecule is Cc1cccc(Cc2nc(CC(=O)Nc3ccc(F)cc3C)n[nH]2)c1. The van der Waals surface area contributed by atoms with Gasteiger partial charge in [-0.2, -0.15) is 5.10 Å². The number of H-pyrrole nitrogens is 1. The van der Waals surface area contributed by atoms with E-state index in [0.717, 1.165) is 5.56 Å². The first-order valence-corrected chi connectivity index (χ1v) is 8.01. The lowest BCUT2D eigenvalue weighted by molar-refractivity contribution is -0.115. The van der Waals surface area contributed by atoms with Crippen LogP contribution in [0.15, 0.2) is 42.5 Å². The third kappa shape index (κ3) is 4.50. The maximum absolute atomic E-state index is 13.1. The maximum atomic E-state index is 13.1. The summed E-state index contributed by atoms with van der Waals surface area (Å²) < 4.78 is 13.1. The largest absolute Gasteiger partial charge is 0.325 e. The molecule has 0 radical (unpaired) electrons. The number of aryl methyl sites for hydroxylation is 2. The Bertz CT molecular complexity index is 904. The monoisotopic (exact) mass is 338 g/mol. The molecule has 0 aliphatic carbocycles. The van der Waals surface area contributed by atoms with Crippen molar-refractivity contribution in [1.29, 1.82) is 0 Å². The van der Waals surface area contributed by atoms with Crippen molar-refractivity contribution >= 4 is 11.6 Å². The average Bonchev–Trinajstić information content (AvgIpc) is 2.97. The molecule has 1 amide bonds. The smallest absolute Gasteiger partial charge is 0.232 e. The highest BCUT2D eigenvalue weighted by Gasteiger charge is 2.11. The van der Waals surface area contributed by atoms with Crippen LogP contribution in [0.5, 0.6) is 0 Å². The van der Waals surface area contributed by atoms with Gasteiger partial charge in [0.25, 0.3) is 0 Å². The minimum absolute atomic E-state index is 0.0567. The molecule has 128 valence electrons. The molecule has 0 aliphatic heterocycles. The van der Waals surface area contributed by atoms with Crippen molar-refractivity contribution in [2.45, 2.75) is 26.7 Å². The summed E-state index contributed by atoms with van der Waals surface area (Å²) in [6.45, 7) is 3.78. The third-order valence-corrected chi connectivity index (χ3v) is 3.81. The lowest BCUT2D eigenvalue weighted by Gasteiger charge is -2.07. The first-order chi connectivity index (χ1) is 12.0. The minimum atomic E-state index is -0.328. The predicted molar refractivity (Wildman–Crippen MR) is 93.8 cm³/mol. The van der Waals surface area contributed by atoms with Gasteiger partial charge in [-0.3, -0.25) is 9.89 Å². The van der Waals surface area contributed by atoms with Crippen LogP contribution in [-0.2, 0) is 17.6 Å². The summed E-state index contributed by atoms with van der Waals surface area (Å²) >= 11 is 0. The van der Waals surface area contributed by atoms with Crippen LogP contribution >= 0.6 is 0 Å². The second-order valence-electron chi connectivity index (χ2n) is 6.05. The highest BCUT2D eigenvalue weighted by atomic mass is 19.1. The van der Waals surface area contributed by atoms with Gasteiger partial charge in [0.1, 0.15) is 11.6 Å². The quantitative estimate of drug-likeness (QED) is 0.749. The summed E-state index contributed by atoms with van der Waals surface area (Å²) in [4.78, 5) is 16.5. The Kier molecular flexibility index (Phi) is 4.88. The summed E-state index contributed by atoms with van der Waals surface area (Å²) in [5.74, 6) is 0.576. The van der Waals surface area contributed by atoms with Crippen LogP contribution in [0.4, 0.5) is 10.1 Å². The van der Waals surface area contributed by atoms with Gasteiger partial charge in [0.05, 0.1) is 6.42 Å². The molecular formula is C19H19FN4O. The molecule has 3 rings (SSSR count). The molecule has 2 N–H and O–H groups in total. The van der Waals surface area contributed by atoms with Crippen molar-refractivity contribution in [2.24, 2.45) is 0 Å². The van der Waals surface area contributed by atoms with Crippen molar-refractivity contribution in [3.8, 4) is 0 Å². The van der Waals surface area contributed by atoms with E-state index in [9.17, 15) is 9.18 Å². The number of rotatable bonds is 5. The standard InChI is InChI=1S/C19H19FN4O/c1-12-4-3-5-14(8-12)10-17-22-18(24-23-17)11-19(25)21-16-7-6-15(20)9-13(16)2/h3-9H,10-11H2,1-2H3,(H,21,25)(H,22,23,24). The first-order valence-electron chi connectivity index (χ1n) is 8.01. The van der Waals surface area contributed by atoms with Crippen LogP contribution in [-0.4, -0.2) is 21.1 Å². The van der Waals surface area contributed by atoms with Gasteiger partial charge in [0, 0.05) is 12.1 Å². The van der Waals surface area contributed by atoms with Crippen LogP contribution in [0, 0.1) is 19.7 Å². The highest BCUT2D eigenvalue weighted by Crippen LogP contribution is 2.16. The van der Waals surface area contributed by atoms with Crippen molar-refractivity contribution in [2.75, 3.05) is 5.32 Å². The number of aromatic amines is 1. The molecule has 3 aromatic rings. The summed E-state index contributed by atoms with van der Waals surface area (Å²) in [6.07, 6.45) is 0.689. The number of nitrogens with one attached hydrogen (secondary N) is 2. The zero-order valence-electron chi connectivity index (χ0n) is 14.1. The van der Waals surface area contributed by atoms with Crippen molar-refractivity contribution < 1.29 is 9.18 Å². The Morgan fingerprint density at radius 1 is 1.20 bits per heavy atom. The van der Waals surface area contributed by atoms with Gasteiger partial charge in [0.15, 0.2) is 5.82 Å². The van der Waals surface area contributed by atoms with Gasteiger partial charge in [0.2, 0.25) is 5.91 Å². The summed E-state index contributed by atoms with van der Waals surface area (Å²) in [7, 11) is 0. The van der Waals surface area contributed by atoms with Crippen LogP contribution in [0.25, 0.3) is 0 Å². The number of carbonyl (C=O) groups is 1. The van der Waals surface area contributed by atoms with Crippen molar-refractivity contribution in [1.82, 2.24) is 15.2 Å². The van der Waals surface area contributed by atoms with E-state index in [-0.39, 0.29) is 18.1 Å². The topological polar surface area (TPSA) is 70.7 Å². The summed E-state index contributed by atoms with van der Waals surface area (Å²) in [5.41, 5.74) is 3.57. The molecule has 0 bridgehead atoms. The lowest BCUT2D eigenvalue weighted by Crippen LogP contribution is -2.16. The van der Waals surface area contributed by atoms with Crippen molar-refractivity contribution in [3.63, 3.8) is 0 Å². The Hall–Kier alpha value is -3.02. The molecular weight excluding hydrogens is 319 g/mol. The Labute approximate surface area is 145 Å². The molecule has 0 spiro atoms. The first kappa shape index (κ1) is 16.8. The molecule has 0 unspecified atom stereocenters. The van der Waals surface area contributed by atoms with E-state index >= 15 is 0 Å². The summed E-state index contributed by atoms with van der Waals surface area (Å²) in [5, 5.41) is 9.72. The fraction of sp³-hybridized carbons (Fsp3) is 0.211. The van der Waals surface area contributed by atoms with Gasteiger partial charge >= 0.3 is 0 Å². The molecule has 25 heavy (non-hydrogen) atoms. The van der Waals surface area contributed by atoms with Crippen LogP contribution in [0.2, 0.25) is 0 Å². The molecule has 2 aromatic carbocycles.